The molecule has 0 spiro atoms. The molecule has 1 saturated carbocycles. The maximum absolute atomic E-state index is 13.0. The zero-order valence-electron chi connectivity index (χ0n) is 10.4. The van der Waals surface area contributed by atoms with Crippen molar-refractivity contribution in [3.8, 4) is 0 Å². The van der Waals surface area contributed by atoms with Crippen molar-refractivity contribution >= 4 is 17.2 Å². The zero-order valence-corrected chi connectivity index (χ0v) is 11.2. The van der Waals surface area contributed by atoms with E-state index in [1.54, 1.807) is 12.1 Å². The lowest BCUT2D eigenvalue weighted by atomic mass is 9.71. The summed E-state index contributed by atoms with van der Waals surface area (Å²) in [6.07, 6.45) is 2.91. The smallest absolute Gasteiger partial charge is 0.262 e. The van der Waals surface area contributed by atoms with Crippen molar-refractivity contribution in [2.75, 3.05) is 0 Å². The SMILES string of the molecule is O=C(NC1(c2ccc(F)cc2)CCC1)c1cccs1. The molecule has 1 aromatic heterocycles. The first kappa shape index (κ1) is 12.4. The van der Waals surface area contributed by atoms with Gasteiger partial charge >= 0.3 is 0 Å². The molecule has 2 nitrogen and oxygen atoms in total. The number of hydrogen-bond acceptors (Lipinski definition) is 2. The molecule has 98 valence electrons. The van der Waals surface area contributed by atoms with Gasteiger partial charge in [-0.3, -0.25) is 4.79 Å². The van der Waals surface area contributed by atoms with E-state index in [4.69, 9.17) is 0 Å². The minimum absolute atomic E-state index is 0.0426. The lowest BCUT2D eigenvalue weighted by molar-refractivity contribution is 0.0827. The maximum Gasteiger partial charge on any atom is 0.262 e. The number of amides is 1. The van der Waals surface area contributed by atoms with E-state index in [9.17, 15) is 9.18 Å². The van der Waals surface area contributed by atoms with Gasteiger partial charge in [-0.1, -0.05) is 18.2 Å². The van der Waals surface area contributed by atoms with Gasteiger partial charge in [0.05, 0.1) is 10.4 Å². The standard InChI is InChI=1S/C15H14FNOS/c16-12-6-4-11(5-7-12)15(8-2-9-15)17-14(18)13-3-1-10-19-13/h1,3-7,10H,2,8-9H2,(H,17,18). The zero-order chi connectivity index (χ0) is 13.3. The summed E-state index contributed by atoms with van der Waals surface area (Å²) >= 11 is 1.43. The van der Waals surface area contributed by atoms with Gasteiger partial charge in [0.15, 0.2) is 0 Å². The summed E-state index contributed by atoms with van der Waals surface area (Å²) < 4.78 is 13.0. The lowest BCUT2D eigenvalue weighted by Crippen LogP contribution is -2.50. The summed E-state index contributed by atoms with van der Waals surface area (Å²) in [5.41, 5.74) is 0.680. The lowest BCUT2D eigenvalue weighted by Gasteiger charge is -2.43. The minimum atomic E-state index is -0.311. The molecule has 1 aliphatic carbocycles. The van der Waals surface area contributed by atoms with Crippen LogP contribution >= 0.6 is 11.3 Å². The van der Waals surface area contributed by atoms with Crippen LogP contribution in [-0.2, 0) is 5.54 Å². The molecular formula is C15H14FNOS. The second-order valence-electron chi connectivity index (χ2n) is 4.87. The Morgan fingerprint density at radius 2 is 1.95 bits per heavy atom. The van der Waals surface area contributed by atoms with E-state index in [2.05, 4.69) is 5.32 Å². The summed E-state index contributed by atoms with van der Waals surface area (Å²) in [7, 11) is 0. The van der Waals surface area contributed by atoms with Crippen molar-refractivity contribution in [1.29, 1.82) is 0 Å². The van der Waals surface area contributed by atoms with Crippen molar-refractivity contribution in [1.82, 2.24) is 5.32 Å². The average Bonchev–Trinajstić information content (AvgIpc) is 2.89. The number of carbonyl (C=O) groups excluding carboxylic acids is 1. The molecule has 1 N–H and O–H groups in total. The molecule has 0 bridgehead atoms. The van der Waals surface area contributed by atoms with Crippen LogP contribution in [0.1, 0.15) is 34.5 Å². The molecule has 3 rings (SSSR count). The number of benzene rings is 1. The predicted molar refractivity (Wildman–Crippen MR) is 73.7 cm³/mol. The number of thiophene rings is 1. The Balaban J connectivity index is 1.83. The molecule has 1 aromatic carbocycles. The predicted octanol–water partition coefficient (Wildman–Crippen LogP) is 3.70. The molecule has 0 unspecified atom stereocenters. The Hall–Kier alpha value is -1.68. The molecule has 1 aliphatic rings. The Kier molecular flexibility index (Phi) is 3.11. The minimum Gasteiger partial charge on any atom is -0.342 e. The number of carbonyl (C=O) groups is 1. The van der Waals surface area contributed by atoms with Gasteiger partial charge in [-0.25, -0.2) is 4.39 Å². The van der Waals surface area contributed by atoms with Crippen LogP contribution in [0.5, 0.6) is 0 Å². The first-order valence-electron chi connectivity index (χ1n) is 6.32. The molecule has 0 atom stereocenters. The highest BCUT2D eigenvalue weighted by atomic mass is 32.1. The number of halogens is 1. The first-order valence-corrected chi connectivity index (χ1v) is 7.20. The molecule has 19 heavy (non-hydrogen) atoms. The van der Waals surface area contributed by atoms with Crippen LogP contribution in [0.25, 0.3) is 0 Å². The van der Waals surface area contributed by atoms with Crippen molar-refractivity contribution in [3.05, 3.63) is 58.0 Å². The fourth-order valence-electron chi connectivity index (χ4n) is 2.47. The van der Waals surface area contributed by atoms with Crippen LogP contribution in [-0.4, -0.2) is 5.91 Å². The van der Waals surface area contributed by atoms with Crippen LogP contribution in [0.15, 0.2) is 41.8 Å². The monoisotopic (exact) mass is 275 g/mol. The molecule has 2 aromatic rings. The highest BCUT2D eigenvalue weighted by molar-refractivity contribution is 7.12. The average molecular weight is 275 g/mol. The van der Waals surface area contributed by atoms with Crippen LogP contribution in [0.4, 0.5) is 4.39 Å². The Morgan fingerprint density at radius 1 is 1.21 bits per heavy atom. The van der Waals surface area contributed by atoms with Gasteiger partial charge in [0, 0.05) is 0 Å². The summed E-state index contributed by atoms with van der Waals surface area (Å²) in [5.74, 6) is -0.290. The number of hydrogen-bond donors (Lipinski definition) is 1. The fourth-order valence-corrected chi connectivity index (χ4v) is 3.09. The van der Waals surface area contributed by atoms with Crippen molar-refractivity contribution in [2.45, 2.75) is 24.8 Å². The summed E-state index contributed by atoms with van der Waals surface area (Å²) in [5, 5.41) is 5.01. The Morgan fingerprint density at radius 3 is 2.47 bits per heavy atom. The van der Waals surface area contributed by atoms with E-state index in [0.717, 1.165) is 24.8 Å². The van der Waals surface area contributed by atoms with Crippen molar-refractivity contribution in [2.24, 2.45) is 0 Å². The molecule has 0 aliphatic heterocycles. The molecule has 1 fully saturated rings. The van der Waals surface area contributed by atoms with E-state index in [0.29, 0.717) is 4.88 Å². The third kappa shape index (κ3) is 2.28. The molecule has 4 heteroatoms. The van der Waals surface area contributed by atoms with Gasteiger partial charge in [-0.2, -0.15) is 0 Å². The van der Waals surface area contributed by atoms with Gasteiger partial charge < -0.3 is 5.32 Å². The Bertz CT molecular complexity index is 573. The topological polar surface area (TPSA) is 29.1 Å². The largest absolute Gasteiger partial charge is 0.342 e. The van der Waals surface area contributed by atoms with Crippen molar-refractivity contribution < 1.29 is 9.18 Å². The van der Waals surface area contributed by atoms with E-state index in [1.807, 2.05) is 17.5 Å². The molecular weight excluding hydrogens is 261 g/mol. The van der Waals surface area contributed by atoms with Gasteiger partial charge in [0.25, 0.3) is 5.91 Å². The summed E-state index contributed by atoms with van der Waals surface area (Å²) in [4.78, 5) is 12.9. The van der Waals surface area contributed by atoms with E-state index >= 15 is 0 Å². The van der Waals surface area contributed by atoms with Crippen LogP contribution in [0.2, 0.25) is 0 Å². The molecule has 0 radical (unpaired) electrons. The highest BCUT2D eigenvalue weighted by Gasteiger charge is 2.40. The molecule has 0 saturated heterocycles. The fraction of sp³-hybridized carbons (Fsp3) is 0.267. The van der Waals surface area contributed by atoms with Crippen LogP contribution in [0.3, 0.4) is 0 Å². The Labute approximate surface area is 115 Å². The van der Waals surface area contributed by atoms with E-state index in [1.165, 1.54) is 23.5 Å². The maximum atomic E-state index is 13.0. The van der Waals surface area contributed by atoms with E-state index in [-0.39, 0.29) is 17.3 Å². The second-order valence-corrected chi connectivity index (χ2v) is 5.82. The normalized spacial score (nSPS) is 16.7. The first-order chi connectivity index (χ1) is 9.20. The van der Waals surface area contributed by atoms with Gasteiger partial charge in [-0.15, -0.1) is 11.3 Å². The van der Waals surface area contributed by atoms with Gasteiger partial charge in [-0.05, 0) is 48.4 Å². The third-order valence-electron chi connectivity index (χ3n) is 3.70. The van der Waals surface area contributed by atoms with Crippen LogP contribution in [0, 0.1) is 5.82 Å². The molecule has 1 amide bonds. The summed E-state index contributed by atoms with van der Waals surface area (Å²) in [6.45, 7) is 0. The van der Waals surface area contributed by atoms with Crippen molar-refractivity contribution in [3.63, 3.8) is 0 Å². The van der Waals surface area contributed by atoms with Gasteiger partial charge in [0.1, 0.15) is 5.82 Å². The third-order valence-corrected chi connectivity index (χ3v) is 4.57. The summed E-state index contributed by atoms with van der Waals surface area (Å²) in [6, 6.07) is 10.1. The van der Waals surface area contributed by atoms with Crippen LogP contribution < -0.4 is 5.32 Å². The number of nitrogens with one attached hydrogen (secondary N) is 1. The highest BCUT2D eigenvalue weighted by Crippen LogP contribution is 2.41. The quantitative estimate of drug-likeness (QED) is 0.909. The second kappa shape index (κ2) is 4.78. The van der Waals surface area contributed by atoms with E-state index < -0.39 is 0 Å². The van der Waals surface area contributed by atoms with Gasteiger partial charge in [0.2, 0.25) is 0 Å². The molecule has 1 heterocycles. The number of rotatable bonds is 3.